The molecule has 7 nitrogen and oxygen atoms in total. The average molecular weight is 502 g/mol. The van der Waals surface area contributed by atoms with Crippen LogP contribution < -0.4 is 10.2 Å². The quantitative estimate of drug-likeness (QED) is 0.320. The fourth-order valence-electron chi connectivity index (χ4n) is 4.84. The molecular formula is C28H35N7S. The second-order valence-corrected chi connectivity index (χ2v) is 10.6. The van der Waals surface area contributed by atoms with Gasteiger partial charge in [-0.1, -0.05) is 33.4 Å². The van der Waals surface area contributed by atoms with E-state index < -0.39 is 0 Å². The summed E-state index contributed by atoms with van der Waals surface area (Å²) < 4.78 is 1.82. The van der Waals surface area contributed by atoms with Gasteiger partial charge in [-0.05, 0) is 55.6 Å². The van der Waals surface area contributed by atoms with E-state index in [4.69, 9.17) is 9.97 Å². The molecule has 0 bridgehead atoms. The van der Waals surface area contributed by atoms with Crippen molar-refractivity contribution in [3.8, 4) is 21.8 Å². The van der Waals surface area contributed by atoms with Crippen LogP contribution in [-0.2, 0) is 0 Å². The highest BCUT2D eigenvalue weighted by atomic mass is 32.1. The number of rotatable bonds is 10. The summed E-state index contributed by atoms with van der Waals surface area (Å²) in [7, 11) is 0. The first-order valence-electron chi connectivity index (χ1n) is 12.8. The summed E-state index contributed by atoms with van der Waals surface area (Å²) >= 11 is 1.69. The van der Waals surface area contributed by atoms with Crippen LogP contribution in [0.2, 0.25) is 0 Å². The molecule has 1 aliphatic rings. The van der Waals surface area contributed by atoms with Gasteiger partial charge in [-0.3, -0.25) is 4.90 Å². The van der Waals surface area contributed by atoms with Gasteiger partial charge in [-0.2, -0.15) is 5.10 Å². The Morgan fingerprint density at radius 1 is 1.19 bits per heavy atom. The minimum atomic E-state index is 0.424. The van der Waals surface area contributed by atoms with E-state index in [1.165, 1.54) is 0 Å². The minimum Gasteiger partial charge on any atom is -0.383 e. The maximum absolute atomic E-state index is 5.07. The number of nitrogens with one attached hydrogen (secondary N) is 1. The zero-order chi connectivity index (χ0) is 25.2. The molecule has 4 aromatic heterocycles. The Balaban J connectivity index is 1.49. The largest absolute Gasteiger partial charge is 0.383 e. The van der Waals surface area contributed by atoms with Crippen LogP contribution in [0.3, 0.4) is 0 Å². The first-order valence-corrected chi connectivity index (χ1v) is 13.7. The van der Waals surface area contributed by atoms with E-state index >= 15 is 0 Å². The fourth-order valence-corrected chi connectivity index (χ4v) is 5.53. The fraction of sp³-hybridized carbons (Fsp3) is 0.393. The molecule has 5 heterocycles. The molecule has 1 atom stereocenters. The van der Waals surface area contributed by atoms with Gasteiger partial charge in [0.2, 0.25) is 0 Å². The zero-order valence-electron chi connectivity index (χ0n) is 21.6. The Labute approximate surface area is 217 Å². The molecule has 0 spiro atoms. The highest BCUT2D eigenvalue weighted by Crippen LogP contribution is 2.32. The summed E-state index contributed by atoms with van der Waals surface area (Å²) in [6.45, 7) is 18.3. The van der Waals surface area contributed by atoms with Crippen molar-refractivity contribution in [2.45, 2.75) is 33.7 Å². The van der Waals surface area contributed by atoms with Crippen LogP contribution in [0.5, 0.6) is 0 Å². The van der Waals surface area contributed by atoms with Gasteiger partial charge in [0.05, 0.1) is 28.0 Å². The molecule has 0 radical (unpaired) electrons. The lowest BCUT2D eigenvalue weighted by Gasteiger charge is -2.38. The van der Waals surface area contributed by atoms with Crippen molar-refractivity contribution in [1.29, 1.82) is 0 Å². The van der Waals surface area contributed by atoms with E-state index in [1.54, 1.807) is 11.3 Å². The van der Waals surface area contributed by atoms with Crippen molar-refractivity contribution < 1.29 is 0 Å². The molecule has 8 heteroatoms. The Hall–Kier alpha value is -3.23. The standard InChI is InChI=1S/C28H35N7S/c1-6-33(7-2)20(4)15-29-21(5)22-13-25(31-27(14-22)34-17-19(3)18-34)23-16-30-35-11-10-24(32-28(23)35)26-9-8-12-36-26/h8-14,16,19-20,29H,5-7,15,17-18H2,1-4H3/t20-/m0/s1. The SMILES string of the molecule is C=C(NC[C@H](C)N(CC)CC)c1cc(-c2cnn3ccc(-c4cccs4)nc23)nc(N2CC(C)C2)c1. The smallest absolute Gasteiger partial charge is 0.165 e. The first kappa shape index (κ1) is 24.5. The highest BCUT2D eigenvalue weighted by Gasteiger charge is 2.25. The van der Waals surface area contributed by atoms with Gasteiger partial charge in [0.1, 0.15) is 5.82 Å². The van der Waals surface area contributed by atoms with E-state index in [1.807, 2.05) is 29.0 Å². The third kappa shape index (κ3) is 4.88. The van der Waals surface area contributed by atoms with Crippen molar-refractivity contribution >= 4 is 28.5 Å². The van der Waals surface area contributed by atoms with Gasteiger partial charge in [0.15, 0.2) is 5.65 Å². The third-order valence-electron chi connectivity index (χ3n) is 7.01. The highest BCUT2D eigenvalue weighted by molar-refractivity contribution is 7.13. The number of pyridine rings is 1. The van der Waals surface area contributed by atoms with E-state index in [9.17, 15) is 0 Å². The van der Waals surface area contributed by atoms with Gasteiger partial charge >= 0.3 is 0 Å². The molecule has 4 aromatic rings. The second-order valence-electron chi connectivity index (χ2n) is 9.66. The summed E-state index contributed by atoms with van der Waals surface area (Å²) in [6.07, 6.45) is 3.84. The number of likely N-dealkylation sites (N-methyl/N-ethyl adjacent to an activating group) is 1. The lowest BCUT2D eigenvalue weighted by molar-refractivity contribution is 0.231. The Bertz CT molecular complexity index is 1330. The predicted molar refractivity (Wildman–Crippen MR) is 150 cm³/mol. The Morgan fingerprint density at radius 2 is 2.00 bits per heavy atom. The van der Waals surface area contributed by atoms with Crippen molar-refractivity contribution in [2.24, 2.45) is 5.92 Å². The van der Waals surface area contributed by atoms with E-state index in [2.05, 4.69) is 78.1 Å². The lowest BCUT2D eigenvalue weighted by atomic mass is 10.0. The van der Waals surface area contributed by atoms with E-state index in [-0.39, 0.29) is 0 Å². The number of hydrogen-bond acceptors (Lipinski definition) is 7. The maximum Gasteiger partial charge on any atom is 0.165 e. The third-order valence-corrected chi connectivity index (χ3v) is 7.91. The van der Waals surface area contributed by atoms with Crippen LogP contribution >= 0.6 is 11.3 Å². The molecule has 0 amide bonds. The van der Waals surface area contributed by atoms with Gasteiger partial charge in [-0.25, -0.2) is 14.5 Å². The van der Waals surface area contributed by atoms with Gasteiger partial charge in [-0.15, -0.1) is 11.3 Å². The molecule has 1 saturated heterocycles. The molecule has 1 aliphatic heterocycles. The number of fused-ring (bicyclic) bond motifs is 1. The normalized spacial score (nSPS) is 14.9. The van der Waals surface area contributed by atoms with Crippen molar-refractivity contribution in [1.82, 2.24) is 29.8 Å². The van der Waals surface area contributed by atoms with Crippen LogP contribution in [0, 0.1) is 5.92 Å². The van der Waals surface area contributed by atoms with Crippen LogP contribution in [0.4, 0.5) is 5.82 Å². The number of aromatic nitrogens is 4. The molecule has 0 aliphatic carbocycles. The van der Waals surface area contributed by atoms with Gasteiger partial charge < -0.3 is 10.2 Å². The number of hydrogen-bond donors (Lipinski definition) is 1. The molecule has 0 saturated carbocycles. The zero-order valence-corrected chi connectivity index (χ0v) is 22.4. The molecular weight excluding hydrogens is 466 g/mol. The van der Waals surface area contributed by atoms with Crippen LogP contribution in [0.1, 0.15) is 33.3 Å². The van der Waals surface area contributed by atoms with Crippen molar-refractivity contribution in [2.75, 3.05) is 37.6 Å². The molecule has 0 aromatic carbocycles. The maximum atomic E-state index is 5.07. The monoisotopic (exact) mass is 501 g/mol. The minimum absolute atomic E-state index is 0.424. The van der Waals surface area contributed by atoms with E-state index in [0.29, 0.717) is 12.0 Å². The predicted octanol–water partition coefficient (Wildman–Crippen LogP) is 5.27. The van der Waals surface area contributed by atoms with Gasteiger partial charge in [0.25, 0.3) is 0 Å². The first-order chi connectivity index (χ1) is 17.5. The van der Waals surface area contributed by atoms with Crippen molar-refractivity contribution in [3.63, 3.8) is 0 Å². The summed E-state index contributed by atoms with van der Waals surface area (Å²) in [5.74, 6) is 1.66. The summed E-state index contributed by atoms with van der Waals surface area (Å²) in [5, 5.41) is 10.2. The summed E-state index contributed by atoms with van der Waals surface area (Å²) in [6, 6.07) is 10.8. The van der Waals surface area contributed by atoms with Crippen molar-refractivity contribution in [3.05, 3.63) is 60.2 Å². The topological polar surface area (TPSA) is 61.6 Å². The molecule has 1 fully saturated rings. The average Bonchev–Trinajstić information content (AvgIpc) is 3.56. The second kappa shape index (κ2) is 10.4. The van der Waals surface area contributed by atoms with Gasteiger partial charge in [0, 0.05) is 43.1 Å². The Morgan fingerprint density at radius 3 is 2.69 bits per heavy atom. The number of anilines is 1. The Kier molecular flexibility index (Phi) is 7.07. The van der Waals surface area contributed by atoms with E-state index in [0.717, 1.165) is 77.3 Å². The van der Waals surface area contributed by atoms with Crippen LogP contribution in [-0.4, -0.2) is 63.2 Å². The molecule has 1 N–H and O–H groups in total. The lowest BCUT2D eigenvalue weighted by Crippen LogP contribution is -2.45. The summed E-state index contributed by atoms with van der Waals surface area (Å²) in [4.78, 5) is 15.9. The number of nitrogens with zero attached hydrogens (tertiary/aromatic N) is 6. The molecule has 5 rings (SSSR count). The number of thiophene rings is 1. The molecule has 36 heavy (non-hydrogen) atoms. The molecule has 0 unspecified atom stereocenters. The summed E-state index contributed by atoms with van der Waals surface area (Å²) in [5.41, 5.74) is 5.51. The van der Waals surface area contributed by atoms with Crippen LogP contribution in [0.25, 0.3) is 33.2 Å². The molecule has 188 valence electrons. The van der Waals surface area contributed by atoms with Crippen LogP contribution in [0.15, 0.2) is 54.7 Å².